The number of hydrogen-bond acceptors (Lipinski definition) is 4. The summed E-state index contributed by atoms with van der Waals surface area (Å²) >= 11 is 0. The van der Waals surface area contributed by atoms with E-state index in [-0.39, 0.29) is 6.10 Å². The Morgan fingerprint density at radius 1 is 1.53 bits per heavy atom. The first-order chi connectivity index (χ1) is 8.04. The number of anilines is 1. The van der Waals surface area contributed by atoms with Gasteiger partial charge in [0.2, 0.25) is 0 Å². The van der Waals surface area contributed by atoms with Crippen LogP contribution in [0.4, 0.5) is 5.82 Å². The average molecular weight is 236 g/mol. The molecule has 1 aliphatic heterocycles. The summed E-state index contributed by atoms with van der Waals surface area (Å²) in [6.45, 7) is 7.26. The molecule has 4 nitrogen and oxygen atoms in total. The summed E-state index contributed by atoms with van der Waals surface area (Å²) in [5, 5.41) is 10.0. The summed E-state index contributed by atoms with van der Waals surface area (Å²) in [6.07, 6.45) is 2.66. The van der Waals surface area contributed by atoms with E-state index in [1.54, 1.807) is 6.20 Å². The van der Waals surface area contributed by atoms with Crippen molar-refractivity contribution in [3.8, 4) is 5.75 Å². The predicted molar refractivity (Wildman–Crippen MR) is 67.5 cm³/mol. The Morgan fingerprint density at radius 2 is 2.24 bits per heavy atom. The molecule has 2 heterocycles. The van der Waals surface area contributed by atoms with Crippen LogP contribution in [0.15, 0.2) is 18.3 Å². The van der Waals surface area contributed by atoms with Crippen LogP contribution in [-0.4, -0.2) is 34.9 Å². The molecule has 0 bridgehead atoms. The first-order valence-electron chi connectivity index (χ1n) is 6.13. The van der Waals surface area contributed by atoms with Gasteiger partial charge < -0.3 is 14.7 Å². The van der Waals surface area contributed by atoms with E-state index in [9.17, 15) is 5.11 Å². The van der Waals surface area contributed by atoms with Crippen molar-refractivity contribution in [2.24, 2.45) is 0 Å². The van der Waals surface area contributed by atoms with E-state index in [4.69, 9.17) is 4.74 Å². The summed E-state index contributed by atoms with van der Waals surface area (Å²) in [5.74, 6) is 1.62. The van der Waals surface area contributed by atoms with E-state index in [0.29, 0.717) is 13.1 Å². The average Bonchev–Trinajstić information content (AvgIpc) is 2.25. The molecule has 0 unspecified atom stereocenters. The van der Waals surface area contributed by atoms with Crippen LogP contribution in [-0.2, 0) is 0 Å². The first kappa shape index (κ1) is 12.2. The SMILES string of the molecule is CCC1(O)CN(c2ncccc2OC(C)C)C1. The molecule has 4 heteroatoms. The molecule has 17 heavy (non-hydrogen) atoms. The van der Waals surface area contributed by atoms with Crippen molar-refractivity contribution in [2.75, 3.05) is 18.0 Å². The maximum absolute atomic E-state index is 10.0. The van der Waals surface area contributed by atoms with Crippen LogP contribution in [0.3, 0.4) is 0 Å². The van der Waals surface area contributed by atoms with Gasteiger partial charge in [0.15, 0.2) is 11.6 Å². The lowest BCUT2D eigenvalue weighted by Crippen LogP contribution is -2.61. The summed E-state index contributed by atoms with van der Waals surface area (Å²) < 4.78 is 5.72. The van der Waals surface area contributed by atoms with Crippen molar-refractivity contribution in [3.63, 3.8) is 0 Å². The Morgan fingerprint density at radius 3 is 2.82 bits per heavy atom. The number of ether oxygens (including phenoxy) is 1. The van der Waals surface area contributed by atoms with Crippen LogP contribution in [0.5, 0.6) is 5.75 Å². The Bertz CT molecular complexity index is 387. The van der Waals surface area contributed by atoms with Crippen LogP contribution < -0.4 is 9.64 Å². The monoisotopic (exact) mass is 236 g/mol. The van der Waals surface area contributed by atoms with Gasteiger partial charge >= 0.3 is 0 Å². The molecule has 1 saturated heterocycles. The second kappa shape index (κ2) is 4.53. The van der Waals surface area contributed by atoms with Gasteiger partial charge in [0.05, 0.1) is 24.8 Å². The van der Waals surface area contributed by atoms with E-state index in [1.807, 2.05) is 32.9 Å². The maximum Gasteiger partial charge on any atom is 0.171 e. The summed E-state index contributed by atoms with van der Waals surface area (Å²) in [4.78, 5) is 6.40. The number of aromatic nitrogens is 1. The lowest BCUT2D eigenvalue weighted by Gasteiger charge is -2.47. The summed E-state index contributed by atoms with van der Waals surface area (Å²) in [7, 11) is 0. The van der Waals surface area contributed by atoms with Gasteiger partial charge in [0.1, 0.15) is 0 Å². The topological polar surface area (TPSA) is 45.6 Å². The highest BCUT2D eigenvalue weighted by atomic mass is 16.5. The van der Waals surface area contributed by atoms with E-state index < -0.39 is 5.60 Å². The Labute approximate surface area is 102 Å². The minimum Gasteiger partial charge on any atom is -0.487 e. The molecular formula is C13H20N2O2. The zero-order valence-corrected chi connectivity index (χ0v) is 10.7. The smallest absolute Gasteiger partial charge is 0.171 e. The molecule has 1 N–H and O–H groups in total. The summed E-state index contributed by atoms with van der Waals surface area (Å²) in [5.41, 5.74) is -0.549. The molecule has 0 aliphatic carbocycles. The molecule has 1 aliphatic rings. The molecule has 0 spiro atoms. The second-order valence-electron chi connectivity index (χ2n) is 4.93. The van der Waals surface area contributed by atoms with Crippen LogP contribution >= 0.6 is 0 Å². The zero-order valence-electron chi connectivity index (χ0n) is 10.7. The molecule has 0 saturated carbocycles. The van der Waals surface area contributed by atoms with E-state index in [1.165, 1.54) is 0 Å². The molecular weight excluding hydrogens is 216 g/mol. The first-order valence-corrected chi connectivity index (χ1v) is 6.13. The van der Waals surface area contributed by atoms with Gasteiger partial charge in [0.25, 0.3) is 0 Å². The molecule has 1 fully saturated rings. The summed E-state index contributed by atoms with van der Waals surface area (Å²) in [6, 6.07) is 3.79. The van der Waals surface area contributed by atoms with Crippen molar-refractivity contribution in [1.29, 1.82) is 0 Å². The number of nitrogens with zero attached hydrogens (tertiary/aromatic N) is 2. The minimum atomic E-state index is -0.549. The third-order valence-corrected chi connectivity index (χ3v) is 3.04. The highest BCUT2D eigenvalue weighted by Crippen LogP contribution is 2.34. The van der Waals surface area contributed by atoms with Crippen LogP contribution in [0, 0.1) is 0 Å². The maximum atomic E-state index is 10.0. The van der Waals surface area contributed by atoms with E-state index in [0.717, 1.165) is 18.0 Å². The van der Waals surface area contributed by atoms with Crippen LogP contribution in [0.2, 0.25) is 0 Å². The fourth-order valence-electron chi connectivity index (χ4n) is 2.00. The molecule has 1 aromatic rings. The third-order valence-electron chi connectivity index (χ3n) is 3.04. The number of aliphatic hydroxyl groups is 1. The number of β-amino-alcohol motifs (C(OH)–C–C–N with tert-alkyl or cyclic N) is 1. The van der Waals surface area contributed by atoms with Crippen molar-refractivity contribution in [1.82, 2.24) is 4.98 Å². The van der Waals surface area contributed by atoms with Crippen LogP contribution in [0.25, 0.3) is 0 Å². The normalized spacial score (nSPS) is 18.1. The van der Waals surface area contributed by atoms with Gasteiger partial charge in [-0.15, -0.1) is 0 Å². The largest absolute Gasteiger partial charge is 0.487 e. The molecule has 94 valence electrons. The van der Waals surface area contributed by atoms with Gasteiger partial charge in [-0.1, -0.05) is 6.92 Å². The van der Waals surface area contributed by atoms with Crippen molar-refractivity contribution < 1.29 is 9.84 Å². The fraction of sp³-hybridized carbons (Fsp3) is 0.615. The molecule has 0 aromatic carbocycles. The van der Waals surface area contributed by atoms with E-state index >= 15 is 0 Å². The highest BCUT2D eigenvalue weighted by molar-refractivity contribution is 5.55. The Hall–Kier alpha value is -1.29. The van der Waals surface area contributed by atoms with Gasteiger partial charge in [-0.2, -0.15) is 0 Å². The third kappa shape index (κ3) is 2.52. The number of hydrogen-bond donors (Lipinski definition) is 1. The molecule has 0 amide bonds. The lowest BCUT2D eigenvalue weighted by molar-refractivity contribution is 0.00769. The number of rotatable bonds is 4. The van der Waals surface area contributed by atoms with Crippen molar-refractivity contribution >= 4 is 5.82 Å². The molecule has 2 rings (SSSR count). The molecule has 0 atom stereocenters. The van der Waals surface area contributed by atoms with Gasteiger partial charge in [-0.3, -0.25) is 0 Å². The second-order valence-corrected chi connectivity index (χ2v) is 4.93. The van der Waals surface area contributed by atoms with Gasteiger partial charge in [-0.05, 0) is 32.4 Å². The number of pyridine rings is 1. The van der Waals surface area contributed by atoms with Crippen molar-refractivity contribution in [3.05, 3.63) is 18.3 Å². The zero-order chi connectivity index (χ0) is 12.5. The van der Waals surface area contributed by atoms with E-state index in [2.05, 4.69) is 9.88 Å². The fourth-order valence-corrected chi connectivity index (χ4v) is 2.00. The Balaban J connectivity index is 2.12. The Kier molecular flexibility index (Phi) is 3.24. The molecule has 0 radical (unpaired) electrons. The van der Waals surface area contributed by atoms with Gasteiger partial charge in [0, 0.05) is 6.20 Å². The predicted octanol–water partition coefficient (Wildman–Crippen LogP) is 1.83. The lowest BCUT2D eigenvalue weighted by atomic mass is 9.91. The standard InChI is InChI=1S/C13H20N2O2/c1-4-13(16)8-15(9-13)12-11(17-10(2)3)6-5-7-14-12/h5-7,10,16H,4,8-9H2,1-3H3. The quantitative estimate of drug-likeness (QED) is 0.866. The molecule has 1 aromatic heterocycles. The highest BCUT2D eigenvalue weighted by Gasteiger charge is 2.41. The van der Waals surface area contributed by atoms with Crippen LogP contribution in [0.1, 0.15) is 27.2 Å². The minimum absolute atomic E-state index is 0.129. The van der Waals surface area contributed by atoms with Gasteiger partial charge in [-0.25, -0.2) is 4.98 Å². The van der Waals surface area contributed by atoms with Crippen molar-refractivity contribution in [2.45, 2.75) is 38.9 Å².